The number of methoxy groups -OCH3 is 1. The van der Waals surface area contributed by atoms with Gasteiger partial charge in [-0.3, -0.25) is 0 Å². The molecule has 0 aliphatic carbocycles. The first-order valence-corrected chi connectivity index (χ1v) is 3.79. The summed E-state index contributed by atoms with van der Waals surface area (Å²) in [6, 6.07) is 3.85. The van der Waals surface area contributed by atoms with E-state index in [1.807, 2.05) is 0 Å². The van der Waals surface area contributed by atoms with Gasteiger partial charge in [0.05, 0.1) is 12.9 Å². The van der Waals surface area contributed by atoms with E-state index in [-0.39, 0.29) is 5.75 Å². The molecule has 0 N–H and O–H groups in total. The van der Waals surface area contributed by atoms with E-state index in [2.05, 4.69) is 4.74 Å². The lowest BCUT2D eigenvalue weighted by molar-refractivity contribution is 0.412. The van der Waals surface area contributed by atoms with Gasteiger partial charge in [0, 0.05) is 0 Å². The minimum atomic E-state index is -4.98. The normalized spacial score (nSPS) is 11.5. The van der Waals surface area contributed by atoms with Crippen LogP contribution < -0.4 is 10.2 Å². The highest BCUT2D eigenvalue weighted by Gasteiger charge is 2.28. The van der Waals surface area contributed by atoms with Crippen LogP contribution in [0.1, 0.15) is 5.56 Å². The molecule has 5 heteroatoms. The van der Waals surface area contributed by atoms with E-state index in [9.17, 15) is 12.9 Å². The third-order valence-electron chi connectivity index (χ3n) is 1.74. The summed E-state index contributed by atoms with van der Waals surface area (Å²) in [6.45, 7) is -3.26. The summed E-state index contributed by atoms with van der Waals surface area (Å²) in [5.74, 6) is -0.104. The molecule has 0 heterocycles. The van der Waals surface area contributed by atoms with E-state index < -0.39 is 12.4 Å². The van der Waals surface area contributed by atoms with Gasteiger partial charge in [0.2, 0.25) is 0 Å². The Hall–Kier alpha value is -1.13. The highest BCUT2D eigenvalue weighted by Crippen LogP contribution is 2.18. The first kappa shape index (κ1) is 9.96. The average Bonchev–Trinajstić information content (AvgIpc) is 2.01. The number of hydrogen-bond donors (Lipinski definition) is 0. The van der Waals surface area contributed by atoms with Gasteiger partial charge in [-0.25, -0.2) is 0 Å². The maximum Gasteiger partial charge on any atom is 0.513 e. The smallest absolute Gasteiger partial charge is 0.500 e. The Morgan fingerprint density at radius 1 is 1.23 bits per heavy atom. The summed E-state index contributed by atoms with van der Waals surface area (Å²) in [6.07, 6.45) is 0. The summed E-state index contributed by atoms with van der Waals surface area (Å²) in [7, 11) is 1.24. The zero-order valence-corrected chi connectivity index (χ0v) is 7.35. The molecule has 1 aromatic carbocycles. The van der Waals surface area contributed by atoms with E-state index in [1.54, 1.807) is 6.92 Å². The van der Waals surface area contributed by atoms with Crippen molar-refractivity contribution >= 4 is 12.4 Å². The molecule has 0 amide bonds. The van der Waals surface area contributed by atoms with Crippen LogP contribution in [0.3, 0.4) is 0 Å². The highest BCUT2D eigenvalue weighted by molar-refractivity contribution is 6.74. The fraction of sp³-hybridized carbons (Fsp3) is 0.250. The molecule has 1 rings (SSSR count). The summed E-state index contributed by atoms with van der Waals surface area (Å²) in [5, 5.41) is 0. The van der Waals surface area contributed by atoms with Crippen LogP contribution >= 0.6 is 0 Å². The second-order valence-electron chi connectivity index (χ2n) is 2.82. The summed E-state index contributed by atoms with van der Waals surface area (Å²) >= 11 is 0. The molecular formula is C8H9BF3O-. The lowest BCUT2D eigenvalue weighted by Gasteiger charge is -2.18. The van der Waals surface area contributed by atoms with Crippen molar-refractivity contribution in [1.29, 1.82) is 0 Å². The van der Waals surface area contributed by atoms with Crippen LogP contribution in [0.4, 0.5) is 12.9 Å². The second kappa shape index (κ2) is 3.32. The zero-order chi connectivity index (χ0) is 10.1. The molecule has 0 aliphatic rings. The number of benzene rings is 1. The Balaban J connectivity index is 3.22. The Bertz CT molecular complexity index is 309. The molecule has 0 saturated carbocycles. The molecule has 0 unspecified atom stereocenters. The predicted octanol–water partition coefficient (Wildman–Crippen LogP) is 2.06. The van der Waals surface area contributed by atoms with Crippen LogP contribution in [-0.2, 0) is 0 Å². The maximum absolute atomic E-state index is 12.3. The van der Waals surface area contributed by atoms with Gasteiger partial charge in [-0.2, -0.15) is 0 Å². The van der Waals surface area contributed by atoms with Gasteiger partial charge in [-0.05, 0) is 18.6 Å². The molecule has 0 radical (unpaired) electrons. The molecule has 72 valence electrons. The Kier molecular flexibility index (Phi) is 2.54. The van der Waals surface area contributed by atoms with Crippen LogP contribution in [0, 0.1) is 6.92 Å². The van der Waals surface area contributed by atoms with E-state index >= 15 is 0 Å². The number of ether oxygens (including phenoxy) is 1. The summed E-state index contributed by atoms with van der Waals surface area (Å²) in [4.78, 5) is 0. The standard InChI is InChI=1S/C8H9BF3O/c1-6-3-4-7(9(10,11)12)8(5-6)13-2/h3-5H,1-2H3/q-1. The Morgan fingerprint density at radius 2 is 1.85 bits per heavy atom. The quantitative estimate of drug-likeness (QED) is 0.647. The molecule has 0 fully saturated rings. The van der Waals surface area contributed by atoms with Gasteiger partial charge in [0.1, 0.15) is 0 Å². The largest absolute Gasteiger partial charge is 0.513 e. The number of halogens is 3. The van der Waals surface area contributed by atoms with Crippen molar-refractivity contribution < 1.29 is 17.7 Å². The molecule has 1 nitrogen and oxygen atoms in total. The predicted molar refractivity (Wildman–Crippen MR) is 46.4 cm³/mol. The SMILES string of the molecule is COc1cc(C)ccc1[B-](F)(F)F. The molecule has 0 spiro atoms. The van der Waals surface area contributed by atoms with Gasteiger partial charge in [0.25, 0.3) is 0 Å². The summed E-state index contributed by atoms with van der Waals surface area (Å²) < 4.78 is 41.7. The lowest BCUT2D eigenvalue weighted by atomic mass is 9.79. The molecule has 0 aromatic heterocycles. The third kappa shape index (κ3) is 2.17. The maximum atomic E-state index is 12.3. The van der Waals surface area contributed by atoms with Crippen LogP contribution in [0.2, 0.25) is 0 Å². The molecule has 0 saturated heterocycles. The minimum absolute atomic E-state index is 0.104. The van der Waals surface area contributed by atoms with Crippen LogP contribution in [0.15, 0.2) is 18.2 Å². The topological polar surface area (TPSA) is 9.23 Å². The van der Waals surface area contributed by atoms with Gasteiger partial charge < -0.3 is 17.7 Å². The van der Waals surface area contributed by atoms with Crippen molar-refractivity contribution in [2.45, 2.75) is 6.92 Å². The van der Waals surface area contributed by atoms with Crippen molar-refractivity contribution in [3.63, 3.8) is 0 Å². The third-order valence-corrected chi connectivity index (χ3v) is 1.74. The van der Waals surface area contributed by atoms with E-state index in [1.165, 1.54) is 19.2 Å². The molecule has 0 atom stereocenters. The Labute approximate surface area is 74.6 Å². The Morgan fingerprint density at radius 3 is 2.31 bits per heavy atom. The van der Waals surface area contributed by atoms with Gasteiger partial charge in [-0.15, -0.1) is 0 Å². The van der Waals surface area contributed by atoms with Crippen LogP contribution in [0.5, 0.6) is 5.75 Å². The number of hydrogen-bond acceptors (Lipinski definition) is 1. The minimum Gasteiger partial charge on any atom is -0.500 e. The van der Waals surface area contributed by atoms with E-state index in [0.717, 1.165) is 11.6 Å². The highest BCUT2D eigenvalue weighted by atomic mass is 19.4. The lowest BCUT2D eigenvalue weighted by Crippen LogP contribution is -2.35. The van der Waals surface area contributed by atoms with Crippen molar-refractivity contribution in [3.8, 4) is 5.75 Å². The van der Waals surface area contributed by atoms with Crippen LogP contribution in [0.25, 0.3) is 0 Å². The fourth-order valence-corrected chi connectivity index (χ4v) is 1.09. The van der Waals surface area contributed by atoms with Crippen LogP contribution in [-0.4, -0.2) is 14.1 Å². The van der Waals surface area contributed by atoms with E-state index in [0.29, 0.717) is 0 Å². The molecular weight excluding hydrogens is 180 g/mol. The van der Waals surface area contributed by atoms with Gasteiger partial charge >= 0.3 is 6.98 Å². The van der Waals surface area contributed by atoms with Crippen molar-refractivity contribution in [3.05, 3.63) is 23.8 Å². The number of rotatable bonds is 2. The number of aryl methyl sites for hydroxylation is 1. The van der Waals surface area contributed by atoms with Crippen molar-refractivity contribution in [1.82, 2.24) is 0 Å². The van der Waals surface area contributed by atoms with Crippen molar-refractivity contribution in [2.24, 2.45) is 0 Å². The first-order chi connectivity index (χ1) is 5.95. The average molecular weight is 189 g/mol. The molecule has 1 aromatic rings. The fourth-order valence-electron chi connectivity index (χ4n) is 1.09. The summed E-state index contributed by atoms with van der Waals surface area (Å²) in [5.41, 5.74) is 0.0775. The first-order valence-electron chi connectivity index (χ1n) is 3.79. The molecule has 0 bridgehead atoms. The zero-order valence-electron chi connectivity index (χ0n) is 7.35. The monoisotopic (exact) mass is 189 g/mol. The van der Waals surface area contributed by atoms with Gasteiger partial charge in [0.15, 0.2) is 0 Å². The van der Waals surface area contributed by atoms with E-state index in [4.69, 9.17) is 0 Å². The second-order valence-corrected chi connectivity index (χ2v) is 2.82. The van der Waals surface area contributed by atoms with Crippen molar-refractivity contribution in [2.75, 3.05) is 7.11 Å². The molecule has 0 aliphatic heterocycles. The molecule has 13 heavy (non-hydrogen) atoms. The van der Waals surface area contributed by atoms with Gasteiger partial charge in [-0.1, -0.05) is 17.6 Å².